The minimum Gasteiger partial charge on any atom is -0.482 e. The zero-order valence-corrected chi connectivity index (χ0v) is 17.1. The molecule has 0 aliphatic carbocycles. The van der Waals surface area contributed by atoms with Gasteiger partial charge in [0.2, 0.25) is 0 Å². The number of nitrogens with one attached hydrogen (secondary N) is 2. The van der Waals surface area contributed by atoms with E-state index in [1.54, 1.807) is 17.8 Å². The Balaban J connectivity index is 1.30. The summed E-state index contributed by atoms with van der Waals surface area (Å²) in [4.78, 5) is 23.6. The second kappa shape index (κ2) is 8.41. The lowest BCUT2D eigenvalue weighted by molar-refractivity contribution is -0.118. The molecule has 2 amide bonds. The van der Waals surface area contributed by atoms with Crippen molar-refractivity contribution in [2.45, 2.75) is 19.8 Å². The van der Waals surface area contributed by atoms with E-state index in [1.165, 1.54) is 5.56 Å². The number of aryl methyl sites for hydroxylation is 3. The minimum atomic E-state index is -0.133. The Labute approximate surface area is 175 Å². The van der Waals surface area contributed by atoms with Crippen LogP contribution in [0.25, 0.3) is 11.1 Å². The third-order valence-corrected chi connectivity index (χ3v) is 5.06. The third-order valence-electron chi connectivity index (χ3n) is 5.06. The molecule has 1 aliphatic heterocycles. The highest BCUT2D eigenvalue weighted by atomic mass is 16.5. The van der Waals surface area contributed by atoms with Crippen molar-refractivity contribution in [2.75, 3.05) is 18.5 Å². The van der Waals surface area contributed by atoms with E-state index >= 15 is 0 Å². The van der Waals surface area contributed by atoms with Crippen molar-refractivity contribution in [2.24, 2.45) is 7.05 Å². The molecule has 2 aromatic carbocycles. The molecule has 0 unspecified atom stereocenters. The lowest BCUT2D eigenvalue weighted by Crippen LogP contribution is -2.26. The first-order valence-corrected chi connectivity index (χ1v) is 9.94. The summed E-state index contributed by atoms with van der Waals surface area (Å²) in [5.74, 6) is 0.459. The zero-order chi connectivity index (χ0) is 21.1. The second-order valence-corrected chi connectivity index (χ2v) is 7.40. The average molecular weight is 404 g/mol. The maximum Gasteiger partial charge on any atom is 0.269 e. The zero-order valence-electron chi connectivity index (χ0n) is 17.1. The summed E-state index contributed by atoms with van der Waals surface area (Å²) in [5.41, 5.74) is 5.45. The summed E-state index contributed by atoms with van der Waals surface area (Å²) >= 11 is 0. The monoisotopic (exact) mass is 404 g/mol. The van der Waals surface area contributed by atoms with Crippen LogP contribution in [0.15, 0.2) is 48.5 Å². The number of anilines is 1. The number of benzene rings is 2. The molecule has 7 heteroatoms. The van der Waals surface area contributed by atoms with Crippen LogP contribution in [0, 0.1) is 6.92 Å². The molecular weight excluding hydrogens is 380 g/mol. The van der Waals surface area contributed by atoms with Gasteiger partial charge in [-0.2, -0.15) is 5.10 Å². The Morgan fingerprint density at radius 3 is 2.67 bits per heavy atom. The molecule has 0 fully saturated rings. The van der Waals surface area contributed by atoms with Gasteiger partial charge in [-0.05, 0) is 54.7 Å². The van der Waals surface area contributed by atoms with Gasteiger partial charge in [0.25, 0.3) is 11.8 Å². The van der Waals surface area contributed by atoms with Crippen LogP contribution in [-0.2, 0) is 18.3 Å². The molecule has 4 rings (SSSR count). The molecule has 154 valence electrons. The Morgan fingerprint density at radius 1 is 1.17 bits per heavy atom. The van der Waals surface area contributed by atoms with E-state index in [0.717, 1.165) is 29.7 Å². The number of rotatable bonds is 6. The minimum absolute atomic E-state index is 0.0478. The summed E-state index contributed by atoms with van der Waals surface area (Å²) in [6.07, 6.45) is 1.73. The van der Waals surface area contributed by atoms with Gasteiger partial charge in [0, 0.05) is 13.6 Å². The van der Waals surface area contributed by atoms with Crippen LogP contribution in [0.2, 0.25) is 0 Å². The van der Waals surface area contributed by atoms with Crippen molar-refractivity contribution in [1.29, 1.82) is 0 Å². The van der Waals surface area contributed by atoms with Gasteiger partial charge in [-0.3, -0.25) is 14.3 Å². The van der Waals surface area contributed by atoms with Gasteiger partial charge in [-0.15, -0.1) is 0 Å². The number of fused-ring (bicyclic) bond motifs is 1. The predicted octanol–water partition coefficient (Wildman–Crippen LogP) is 3.09. The van der Waals surface area contributed by atoms with Gasteiger partial charge in [0.1, 0.15) is 11.4 Å². The largest absolute Gasteiger partial charge is 0.482 e. The smallest absolute Gasteiger partial charge is 0.269 e. The SMILES string of the molecule is Cc1cc(C(=O)NCCCc2ccc(-c3ccc4c(c3)OCC(=O)N4)cc2)n(C)n1. The highest BCUT2D eigenvalue weighted by Crippen LogP contribution is 2.32. The van der Waals surface area contributed by atoms with E-state index in [-0.39, 0.29) is 18.4 Å². The fourth-order valence-corrected chi connectivity index (χ4v) is 3.53. The quantitative estimate of drug-likeness (QED) is 0.619. The van der Waals surface area contributed by atoms with Crippen molar-refractivity contribution in [3.63, 3.8) is 0 Å². The van der Waals surface area contributed by atoms with E-state index in [0.29, 0.717) is 23.7 Å². The Kier molecular flexibility index (Phi) is 5.52. The summed E-state index contributed by atoms with van der Waals surface area (Å²) < 4.78 is 7.10. The molecule has 0 radical (unpaired) electrons. The number of carbonyl (C=O) groups excluding carboxylic acids is 2. The molecule has 1 aliphatic rings. The number of aromatic nitrogens is 2. The van der Waals surface area contributed by atoms with Crippen molar-refractivity contribution in [1.82, 2.24) is 15.1 Å². The number of nitrogens with zero attached hydrogens (tertiary/aromatic N) is 2. The molecule has 0 atom stereocenters. The number of hydrogen-bond donors (Lipinski definition) is 2. The normalized spacial score (nSPS) is 12.7. The molecule has 0 bridgehead atoms. The van der Waals surface area contributed by atoms with Crippen LogP contribution < -0.4 is 15.4 Å². The third kappa shape index (κ3) is 4.35. The Morgan fingerprint density at radius 2 is 1.93 bits per heavy atom. The van der Waals surface area contributed by atoms with Crippen LogP contribution in [0.1, 0.15) is 28.2 Å². The van der Waals surface area contributed by atoms with Gasteiger partial charge in [-0.25, -0.2) is 0 Å². The van der Waals surface area contributed by atoms with E-state index in [4.69, 9.17) is 4.74 Å². The number of ether oxygens (including phenoxy) is 1. The summed E-state index contributed by atoms with van der Waals surface area (Å²) in [7, 11) is 1.77. The summed E-state index contributed by atoms with van der Waals surface area (Å²) in [5, 5.41) is 9.95. The fraction of sp³-hybridized carbons (Fsp3) is 0.261. The van der Waals surface area contributed by atoms with Gasteiger partial charge in [0.15, 0.2) is 6.61 Å². The highest BCUT2D eigenvalue weighted by Gasteiger charge is 2.16. The van der Waals surface area contributed by atoms with Crippen molar-refractivity contribution in [3.8, 4) is 16.9 Å². The molecule has 0 spiro atoms. The lowest BCUT2D eigenvalue weighted by atomic mass is 10.0. The van der Waals surface area contributed by atoms with Gasteiger partial charge >= 0.3 is 0 Å². The Hall–Kier alpha value is -3.61. The maximum absolute atomic E-state index is 12.2. The van der Waals surface area contributed by atoms with E-state index in [2.05, 4.69) is 40.0 Å². The van der Waals surface area contributed by atoms with E-state index in [1.807, 2.05) is 25.1 Å². The first kappa shape index (κ1) is 19.7. The van der Waals surface area contributed by atoms with Crippen molar-refractivity contribution >= 4 is 17.5 Å². The topological polar surface area (TPSA) is 85.2 Å². The van der Waals surface area contributed by atoms with Crippen LogP contribution in [0.5, 0.6) is 5.75 Å². The second-order valence-electron chi connectivity index (χ2n) is 7.40. The maximum atomic E-state index is 12.2. The van der Waals surface area contributed by atoms with Gasteiger partial charge in [-0.1, -0.05) is 30.3 Å². The molecule has 0 saturated carbocycles. The number of hydrogen-bond acceptors (Lipinski definition) is 4. The Bertz CT molecular complexity index is 1090. The van der Waals surface area contributed by atoms with Crippen LogP contribution in [0.3, 0.4) is 0 Å². The molecule has 2 heterocycles. The molecule has 3 aromatic rings. The average Bonchev–Trinajstić information content (AvgIpc) is 3.09. The summed E-state index contributed by atoms with van der Waals surface area (Å²) in [6, 6.07) is 15.9. The molecular formula is C23H24N4O3. The first-order valence-electron chi connectivity index (χ1n) is 9.94. The molecule has 2 N–H and O–H groups in total. The standard InChI is InChI=1S/C23H24N4O3/c1-15-12-20(27(2)26-15)23(29)24-11-3-4-16-5-7-17(8-6-16)18-9-10-19-21(13-18)30-14-22(28)25-19/h5-10,12-13H,3-4,11,14H2,1-2H3,(H,24,29)(H,25,28). The highest BCUT2D eigenvalue weighted by molar-refractivity contribution is 5.96. The van der Waals surface area contributed by atoms with Gasteiger partial charge in [0.05, 0.1) is 11.4 Å². The fourth-order valence-electron chi connectivity index (χ4n) is 3.53. The molecule has 1 aromatic heterocycles. The lowest BCUT2D eigenvalue weighted by Gasteiger charge is -2.18. The van der Waals surface area contributed by atoms with Crippen LogP contribution in [-0.4, -0.2) is 34.7 Å². The van der Waals surface area contributed by atoms with E-state index < -0.39 is 0 Å². The predicted molar refractivity (Wildman–Crippen MR) is 115 cm³/mol. The number of carbonyl (C=O) groups is 2. The van der Waals surface area contributed by atoms with Crippen LogP contribution >= 0.6 is 0 Å². The number of amides is 2. The van der Waals surface area contributed by atoms with Crippen molar-refractivity contribution in [3.05, 3.63) is 65.5 Å². The summed E-state index contributed by atoms with van der Waals surface area (Å²) in [6.45, 7) is 2.53. The van der Waals surface area contributed by atoms with E-state index in [9.17, 15) is 9.59 Å². The molecule has 7 nitrogen and oxygen atoms in total. The molecule has 0 saturated heterocycles. The van der Waals surface area contributed by atoms with Gasteiger partial charge < -0.3 is 15.4 Å². The van der Waals surface area contributed by atoms with Crippen LogP contribution in [0.4, 0.5) is 5.69 Å². The molecule has 30 heavy (non-hydrogen) atoms. The first-order chi connectivity index (χ1) is 14.5. The van der Waals surface area contributed by atoms with Crippen molar-refractivity contribution < 1.29 is 14.3 Å².